The van der Waals surface area contributed by atoms with Crippen LogP contribution in [0.15, 0.2) is 170 Å². The number of benzene rings is 7. The van der Waals surface area contributed by atoms with E-state index in [1.54, 1.807) is 0 Å². The smallest absolute Gasteiger partial charge is 0.135 e. The van der Waals surface area contributed by atoms with Crippen LogP contribution in [-0.2, 0) is 10.8 Å². The average molecular weight is 713 g/mol. The van der Waals surface area contributed by atoms with Gasteiger partial charge in [-0.15, -0.1) is 0 Å². The molecule has 0 aliphatic carbocycles. The molecule has 0 fully saturated rings. The second-order valence-corrected chi connectivity index (χ2v) is 14.3. The summed E-state index contributed by atoms with van der Waals surface area (Å²) in [6.07, 6.45) is 0. The lowest BCUT2D eigenvalue weighted by atomic mass is 9.73. The largest absolute Gasteiger partial charge is 0.457 e. The molecule has 0 aromatic heterocycles. The number of hydrogen-bond donors (Lipinski definition) is 2. The van der Waals surface area contributed by atoms with E-state index in [1.807, 2.05) is 133 Å². The summed E-state index contributed by atoms with van der Waals surface area (Å²) in [6.45, 7) is 8.89. The fourth-order valence-electron chi connectivity index (χ4n) is 6.52. The van der Waals surface area contributed by atoms with Gasteiger partial charge < -0.3 is 30.4 Å². The lowest BCUT2D eigenvalue weighted by Crippen LogP contribution is -2.23. The summed E-state index contributed by atoms with van der Waals surface area (Å²) in [6, 6.07) is 55.2. The number of rotatable bonds is 12. The highest BCUT2D eigenvalue weighted by atomic mass is 16.5. The first-order valence-corrected chi connectivity index (χ1v) is 18.0. The molecule has 7 aromatic carbocycles. The summed E-state index contributed by atoms with van der Waals surface area (Å²) in [5.74, 6) is 5.60. The van der Waals surface area contributed by atoms with Crippen LogP contribution in [0.2, 0.25) is 0 Å². The standard InChI is InChI=1S/C48H44N2O4/c1-47(2,43-28-26-41(51-39-22-18-35(49)19-23-39)31-45(43)53-37-14-7-5-8-15-37)33-12-11-13-34(30-33)48(3,4)44-29-27-42(52-40-24-20-36(50)21-25-40)32-46(44)54-38-16-9-6-10-17-38/h5-32H,49-50H2,1-4H3. The van der Waals surface area contributed by atoms with Gasteiger partial charge in [0.05, 0.1) is 0 Å². The van der Waals surface area contributed by atoms with Crippen molar-refractivity contribution in [3.05, 3.63) is 192 Å². The third kappa shape index (κ3) is 8.03. The lowest BCUT2D eigenvalue weighted by molar-refractivity contribution is 0.445. The monoisotopic (exact) mass is 712 g/mol. The van der Waals surface area contributed by atoms with Crippen molar-refractivity contribution >= 4 is 11.4 Å². The number of hydrogen-bond acceptors (Lipinski definition) is 6. The maximum absolute atomic E-state index is 6.58. The predicted molar refractivity (Wildman–Crippen MR) is 218 cm³/mol. The third-order valence-corrected chi connectivity index (χ3v) is 9.73. The topological polar surface area (TPSA) is 89.0 Å². The van der Waals surface area contributed by atoms with E-state index in [1.165, 1.54) is 0 Å². The van der Waals surface area contributed by atoms with Gasteiger partial charge in [0, 0.05) is 45.5 Å². The number of para-hydroxylation sites is 2. The Kier molecular flexibility index (Phi) is 10.0. The van der Waals surface area contributed by atoms with Gasteiger partial charge in [0.2, 0.25) is 0 Å². The Hall–Kier alpha value is -6.66. The summed E-state index contributed by atoms with van der Waals surface area (Å²) in [4.78, 5) is 0. The highest BCUT2D eigenvalue weighted by molar-refractivity contribution is 5.56. The van der Waals surface area contributed by atoms with E-state index < -0.39 is 10.8 Å². The van der Waals surface area contributed by atoms with Crippen molar-refractivity contribution in [1.29, 1.82) is 0 Å². The molecule has 0 heterocycles. The van der Waals surface area contributed by atoms with Crippen LogP contribution in [0, 0.1) is 0 Å². The van der Waals surface area contributed by atoms with Gasteiger partial charge in [-0.25, -0.2) is 0 Å². The van der Waals surface area contributed by atoms with Crippen LogP contribution in [0.25, 0.3) is 0 Å². The third-order valence-electron chi connectivity index (χ3n) is 9.73. The van der Waals surface area contributed by atoms with Gasteiger partial charge in [-0.05, 0) is 96.1 Å². The lowest BCUT2D eigenvalue weighted by Gasteiger charge is -2.32. The molecule has 0 aliphatic rings. The molecule has 0 spiro atoms. The van der Waals surface area contributed by atoms with Gasteiger partial charge in [0.1, 0.15) is 46.0 Å². The van der Waals surface area contributed by atoms with Gasteiger partial charge in [-0.2, -0.15) is 0 Å². The molecule has 6 nitrogen and oxygen atoms in total. The molecule has 0 atom stereocenters. The van der Waals surface area contributed by atoms with Crippen LogP contribution in [0.3, 0.4) is 0 Å². The van der Waals surface area contributed by atoms with Gasteiger partial charge >= 0.3 is 0 Å². The van der Waals surface area contributed by atoms with Crippen molar-refractivity contribution in [3.63, 3.8) is 0 Å². The summed E-state index contributed by atoms with van der Waals surface area (Å²) in [5.41, 5.74) is 16.5. The molecule has 7 rings (SSSR count). The van der Waals surface area contributed by atoms with Crippen LogP contribution < -0.4 is 30.4 Å². The summed E-state index contributed by atoms with van der Waals surface area (Å²) in [5, 5.41) is 0. The first-order chi connectivity index (χ1) is 26.0. The first-order valence-electron chi connectivity index (χ1n) is 18.0. The minimum atomic E-state index is -0.462. The van der Waals surface area contributed by atoms with Gasteiger partial charge in [0.25, 0.3) is 0 Å². The second-order valence-electron chi connectivity index (χ2n) is 14.3. The highest BCUT2D eigenvalue weighted by Crippen LogP contribution is 2.45. The zero-order valence-electron chi connectivity index (χ0n) is 31.0. The number of nitrogens with two attached hydrogens (primary N) is 2. The Balaban J connectivity index is 1.25. The molecule has 0 saturated carbocycles. The Morgan fingerprint density at radius 2 is 0.685 bits per heavy atom. The minimum absolute atomic E-state index is 0.462. The van der Waals surface area contributed by atoms with Crippen LogP contribution in [0.5, 0.6) is 46.0 Å². The van der Waals surface area contributed by atoms with Crippen molar-refractivity contribution in [2.45, 2.75) is 38.5 Å². The van der Waals surface area contributed by atoms with E-state index in [9.17, 15) is 0 Å². The van der Waals surface area contributed by atoms with E-state index in [-0.39, 0.29) is 0 Å². The molecule has 54 heavy (non-hydrogen) atoms. The van der Waals surface area contributed by atoms with Gasteiger partial charge in [-0.3, -0.25) is 0 Å². The van der Waals surface area contributed by atoms with Crippen LogP contribution >= 0.6 is 0 Å². The first kappa shape index (κ1) is 35.7. The zero-order valence-corrected chi connectivity index (χ0v) is 31.0. The van der Waals surface area contributed by atoms with Crippen molar-refractivity contribution in [3.8, 4) is 46.0 Å². The Morgan fingerprint density at radius 1 is 0.333 bits per heavy atom. The number of nitrogen functional groups attached to an aromatic ring is 2. The van der Waals surface area contributed by atoms with Crippen molar-refractivity contribution < 1.29 is 18.9 Å². The summed E-state index contributed by atoms with van der Waals surface area (Å²) < 4.78 is 25.6. The zero-order chi connectivity index (χ0) is 37.7. The highest BCUT2D eigenvalue weighted by Gasteiger charge is 2.32. The molecular weight excluding hydrogens is 669 g/mol. The second kappa shape index (κ2) is 15.1. The Labute approximate surface area is 317 Å². The number of anilines is 2. The molecular formula is C48H44N2O4. The summed E-state index contributed by atoms with van der Waals surface area (Å²) >= 11 is 0. The molecule has 0 unspecified atom stereocenters. The van der Waals surface area contributed by atoms with E-state index >= 15 is 0 Å². The van der Waals surface area contributed by atoms with E-state index in [0.29, 0.717) is 45.9 Å². The van der Waals surface area contributed by atoms with Crippen molar-refractivity contribution in [2.24, 2.45) is 0 Å². The fourth-order valence-corrected chi connectivity index (χ4v) is 6.52. The summed E-state index contributed by atoms with van der Waals surface area (Å²) in [7, 11) is 0. The van der Waals surface area contributed by atoms with E-state index in [0.717, 1.165) is 33.8 Å². The molecule has 0 aliphatic heterocycles. The molecule has 4 N–H and O–H groups in total. The van der Waals surface area contributed by atoms with Crippen LogP contribution in [0.1, 0.15) is 49.9 Å². The average Bonchev–Trinajstić information content (AvgIpc) is 3.17. The maximum Gasteiger partial charge on any atom is 0.135 e. The Morgan fingerprint density at radius 3 is 1.07 bits per heavy atom. The molecule has 0 amide bonds. The number of ether oxygens (including phenoxy) is 4. The predicted octanol–water partition coefficient (Wildman–Crippen LogP) is 12.7. The molecule has 0 saturated heterocycles. The molecule has 7 aromatic rings. The van der Waals surface area contributed by atoms with Crippen molar-refractivity contribution in [2.75, 3.05) is 11.5 Å². The Bertz CT molecular complexity index is 2170. The van der Waals surface area contributed by atoms with E-state index in [4.69, 9.17) is 30.4 Å². The van der Waals surface area contributed by atoms with E-state index in [2.05, 4.69) is 64.1 Å². The van der Waals surface area contributed by atoms with Gasteiger partial charge in [-0.1, -0.05) is 100 Å². The molecule has 270 valence electrons. The SMILES string of the molecule is CC(C)(c1cccc(C(C)(C)c2ccc(Oc3ccc(N)cc3)cc2Oc2ccccc2)c1)c1ccc(Oc2ccc(N)cc2)cc1Oc1ccccc1. The van der Waals surface area contributed by atoms with Gasteiger partial charge in [0.15, 0.2) is 0 Å². The maximum atomic E-state index is 6.58. The normalized spacial score (nSPS) is 11.5. The van der Waals surface area contributed by atoms with Crippen molar-refractivity contribution in [1.82, 2.24) is 0 Å². The van der Waals surface area contributed by atoms with Crippen LogP contribution in [0.4, 0.5) is 11.4 Å². The van der Waals surface area contributed by atoms with Crippen LogP contribution in [-0.4, -0.2) is 0 Å². The quantitative estimate of drug-likeness (QED) is 0.123. The molecule has 6 heteroatoms. The molecule has 0 radical (unpaired) electrons. The fraction of sp³-hybridized carbons (Fsp3) is 0.125. The molecule has 0 bridgehead atoms. The minimum Gasteiger partial charge on any atom is -0.457 e.